The van der Waals surface area contributed by atoms with Crippen LogP contribution in [0.2, 0.25) is 0 Å². The van der Waals surface area contributed by atoms with Crippen LogP contribution in [0, 0.1) is 0 Å². The van der Waals surface area contributed by atoms with Crippen molar-refractivity contribution in [3.63, 3.8) is 0 Å². The van der Waals surface area contributed by atoms with E-state index in [2.05, 4.69) is 27.0 Å². The van der Waals surface area contributed by atoms with Crippen molar-refractivity contribution in [3.8, 4) is 17.3 Å². The number of piperidine rings is 1. The highest BCUT2D eigenvalue weighted by molar-refractivity contribution is 5.62. The second-order valence-electron chi connectivity index (χ2n) is 6.05. The van der Waals surface area contributed by atoms with Crippen LogP contribution in [-0.4, -0.2) is 56.3 Å². The fourth-order valence-electron chi connectivity index (χ4n) is 2.79. The summed E-state index contributed by atoms with van der Waals surface area (Å²) in [6, 6.07) is 2.42. The summed E-state index contributed by atoms with van der Waals surface area (Å²) >= 11 is 0. The first-order valence-electron chi connectivity index (χ1n) is 8.23. The number of ether oxygens (including phenoxy) is 1. The first-order chi connectivity index (χ1) is 11.7. The van der Waals surface area contributed by atoms with E-state index in [4.69, 9.17) is 4.74 Å². The van der Waals surface area contributed by atoms with Crippen molar-refractivity contribution in [2.24, 2.45) is 7.05 Å². The SMILES string of the molecule is CN1CCCCC1.COc1nc(-c2cnn(C)c2)cc2nccn12. The first kappa shape index (κ1) is 16.4. The summed E-state index contributed by atoms with van der Waals surface area (Å²) in [5.74, 6) is 0. The van der Waals surface area contributed by atoms with E-state index < -0.39 is 0 Å². The second kappa shape index (κ2) is 7.44. The van der Waals surface area contributed by atoms with Gasteiger partial charge in [0.2, 0.25) is 0 Å². The molecule has 0 saturated carbocycles. The van der Waals surface area contributed by atoms with E-state index in [0.717, 1.165) is 16.9 Å². The molecule has 128 valence electrons. The molecular formula is C17H24N6O. The largest absolute Gasteiger partial charge is 0.468 e. The minimum absolute atomic E-state index is 0.513. The maximum atomic E-state index is 5.24. The number of methoxy groups -OCH3 is 1. The van der Waals surface area contributed by atoms with Crippen LogP contribution in [0.5, 0.6) is 6.01 Å². The lowest BCUT2D eigenvalue weighted by molar-refractivity contribution is 0.277. The number of nitrogens with zero attached hydrogens (tertiary/aromatic N) is 6. The van der Waals surface area contributed by atoms with Gasteiger partial charge >= 0.3 is 6.01 Å². The molecule has 1 saturated heterocycles. The smallest absolute Gasteiger partial charge is 0.302 e. The Morgan fingerprint density at radius 2 is 1.92 bits per heavy atom. The molecule has 7 heteroatoms. The van der Waals surface area contributed by atoms with Gasteiger partial charge in [-0.25, -0.2) is 4.98 Å². The van der Waals surface area contributed by atoms with Gasteiger partial charge in [0.05, 0.1) is 19.0 Å². The van der Waals surface area contributed by atoms with Crippen molar-refractivity contribution in [2.75, 3.05) is 27.2 Å². The van der Waals surface area contributed by atoms with Gasteiger partial charge in [-0.05, 0) is 33.0 Å². The summed E-state index contributed by atoms with van der Waals surface area (Å²) in [4.78, 5) is 11.1. The molecule has 0 bridgehead atoms. The van der Waals surface area contributed by atoms with Gasteiger partial charge in [0.15, 0.2) is 0 Å². The van der Waals surface area contributed by atoms with Gasteiger partial charge < -0.3 is 9.64 Å². The quantitative estimate of drug-likeness (QED) is 0.722. The average Bonchev–Trinajstić information content (AvgIpc) is 3.23. The predicted octanol–water partition coefficient (Wildman–Crippen LogP) is 2.24. The van der Waals surface area contributed by atoms with Crippen LogP contribution in [0.3, 0.4) is 0 Å². The van der Waals surface area contributed by atoms with Crippen molar-refractivity contribution in [2.45, 2.75) is 19.3 Å². The van der Waals surface area contributed by atoms with Gasteiger partial charge in [-0.3, -0.25) is 9.08 Å². The van der Waals surface area contributed by atoms with Gasteiger partial charge in [0, 0.05) is 37.3 Å². The first-order valence-corrected chi connectivity index (χ1v) is 8.23. The molecule has 1 aliphatic rings. The van der Waals surface area contributed by atoms with E-state index >= 15 is 0 Å². The standard InChI is InChI=1S/C11H11N5O.C6H13N/c1-15-7-8(6-13-15)9-5-10-12-3-4-16(10)11(14-9)17-2;1-7-5-3-2-4-6-7/h3-7H,1-2H3;2-6H2,1H3. The lowest BCUT2D eigenvalue weighted by atomic mass is 10.1. The molecule has 0 unspecified atom stereocenters. The highest BCUT2D eigenvalue weighted by Crippen LogP contribution is 2.21. The third-order valence-electron chi connectivity index (χ3n) is 4.12. The molecule has 4 heterocycles. The number of hydrogen-bond acceptors (Lipinski definition) is 5. The van der Waals surface area contributed by atoms with Crippen LogP contribution < -0.4 is 4.74 Å². The zero-order valence-electron chi connectivity index (χ0n) is 14.5. The Morgan fingerprint density at radius 1 is 1.12 bits per heavy atom. The van der Waals surface area contributed by atoms with Crippen molar-refractivity contribution in [1.29, 1.82) is 0 Å². The van der Waals surface area contributed by atoms with Crippen LogP contribution in [0.15, 0.2) is 30.9 Å². The lowest BCUT2D eigenvalue weighted by Crippen LogP contribution is -2.24. The molecule has 1 aliphatic heterocycles. The Balaban J connectivity index is 0.000000203. The highest BCUT2D eigenvalue weighted by atomic mass is 16.5. The number of aromatic nitrogens is 5. The maximum absolute atomic E-state index is 5.24. The molecule has 0 spiro atoms. The zero-order chi connectivity index (χ0) is 16.9. The molecule has 0 aliphatic carbocycles. The topological polar surface area (TPSA) is 60.5 Å². The van der Waals surface area contributed by atoms with Crippen molar-refractivity contribution in [3.05, 3.63) is 30.9 Å². The number of aryl methyl sites for hydroxylation is 1. The molecule has 0 atom stereocenters. The fourth-order valence-corrected chi connectivity index (χ4v) is 2.79. The molecule has 0 amide bonds. The Bertz CT molecular complexity index is 787. The zero-order valence-corrected chi connectivity index (χ0v) is 14.5. The molecule has 24 heavy (non-hydrogen) atoms. The van der Waals surface area contributed by atoms with Crippen LogP contribution in [0.1, 0.15) is 19.3 Å². The molecule has 0 radical (unpaired) electrons. The summed E-state index contributed by atoms with van der Waals surface area (Å²) in [5.41, 5.74) is 2.54. The summed E-state index contributed by atoms with van der Waals surface area (Å²) in [7, 11) is 5.66. The number of likely N-dealkylation sites (tertiary alicyclic amines) is 1. The van der Waals surface area contributed by atoms with Crippen molar-refractivity contribution < 1.29 is 4.74 Å². The summed E-state index contributed by atoms with van der Waals surface area (Å²) in [6.45, 7) is 2.64. The Kier molecular flexibility index (Phi) is 5.10. The molecule has 4 rings (SSSR count). The van der Waals surface area contributed by atoms with E-state index in [1.54, 1.807) is 28.6 Å². The van der Waals surface area contributed by atoms with Gasteiger partial charge in [-0.2, -0.15) is 10.1 Å². The second-order valence-corrected chi connectivity index (χ2v) is 6.05. The predicted molar refractivity (Wildman–Crippen MR) is 93.1 cm³/mol. The monoisotopic (exact) mass is 328 g/mol. The van der Waals surface area contributed by atoms with Crippen LogP contribution in [0.4, 0.5) is 0 Å². The van der Waals surface area contributed by atoms with Gasteiger partial charge in [-0.15, -0.1) is 0 Å². The number of fused-ring (bicyclic) bond motifs is 1. The van der Waals surface area contributed by atoms with E-state index in [-0.39, 0.29) is 0 Å². The number of hydrogen-bond donors (Lipinski definition) is 0. The highest BCUT2D eigenvalue weighted by Gasteiger charge is 2.09. The van der Waals surface area contributed by atoms with Crippen LogP contribution >= 0.6 is 0 Å². The van der Waals surface area contributed by atoms with Gasteiger partial charge in [-0.1, -0.05) is 6.42 Å². The number of rotatable bonds is 2. The lowest BCUT2D eigenvalue weighted by Gasteiger charge is -2.20. The summed E-state index contributed by atoms with van der Waals surface area (Å²) < 4.78 is 8.77. The molecule has 0 aromatic carbocycles. The third-order valence-corrected chi connectivity index (χ3v) is 4.12. The molecule has 3 aromatic heterocycles. The van der Waals surface area contributed by atoms with Gasteiger partial charge in [0.25, 0.3) is 0 Å². The van der Waals surface area contributed by atoms with E-state index in [1.807, 2.05) is 25.5 Å². The summed E-state index contributed by atoms with van der Waals surface area (Å²) in [6.07, 6.45) is 11.5. The molecule has 0 N–H and O–H groups in total. The molecule has 7 nitrogen and oxygen atoms in total. The van der Waals surface area contributed by atoms with E-state index in [9.17, 15) is 0 Å². The Morgan fingerprint density at radius 3 is 2.50 bits per heavy atom. The number of imidazole rings is 1. The van der Waals surface area contributed by atoms with Crippen LogP contribution in [0.25, 0.3) is 16.9 Å². The maximum Gasteiger partial charge on any atom is 0.302 e. The molecule has 1 fully saturated rings. The third kappa shape index (κ3) is 3.73. The Labute approximate surface area is 141 Å². The molecule has 3 aromatic rings. The minimum Gasteiger partial charge on any atom is -0.468 e. The Hall–Kier alpha value is -2.41. The van der Waals surface area contributed by atoms with E-state index in [1.165, 1.54) is 32.4 Å². The summed E-state index contributed by atoms with van der Waals surface area (Å²) in [5, 5.41) is 4.12. The van der Waals surface area contributed by atoms with Crippen LogP contribution in [-0.2, 0) is 7.05 Å². The van der Waals surface area contributed by atoms with Crippen molar-refractivity contribution in [1.82, 2.24) is 29.0 Å². The van der Waals surface area contributed by atoms with E-state index in [0.29, 0.717) is 6.01 Å². The van der Waals surface area contributed by atoms with Gasteiger partial charge in [0.1, 0.15) is 5.65 Å². The fraction of sp³-hybridized carbons (Fsp3) is 0.471. The van der Waals surface area contributed by atoms with Crippen molar-refractivity contribution >= 4 is 5.65 Å². The molecular weight excluding hydrogens is 304 g/mol. The average molecular weight is 328 g/mol. The minimum atomic E-state index is 0.513. The normalized spacial score (nSPS) is 15.1.